The predicted octanol–water partition coefficient (Wildman–Crippen LogP) is 1.54. The number of carbonyl (C=O) groups excluding carboxylic acids is 2. The zero-order valence-corrected chi connectivity index (χ0v) is 12.3. The average Bonchev–Trinajstić information content (AvgIpc) is 3.03. The summed E-state index contributed by atoms with van der Waals surface area (Å²) in [7, 11) is 0. The van der Waals surface area contributed by atoms with Crippen LogP contribution in [0.5, 0.6) is 0 Å². The zero-order valence-electron chi connectivity index (χ0n) is 11.5. The van der Waals surface area contributed by atoms with E-state index in [-0.39, 0.29) is 24.4 Å². The molecule has 2 aliphatic carbocycles. The average molecular weight is 282 g/mol. The van der Waals surface area contributed by atoms with Crippen molar-refractivity contribution in [3.05, 3.63) is 0 Å². The van der Waals surface area contributed by atoms with Crippen molar-refractivity contribution in [3.63, 3.8) is 0 Å². The first-order valence-electron chi connectivity index (χ1n) is 7.31. The highest BCUT2D eigenvalue weighted by molar-refractivity contribution is 7.99. The third-order valence-electron chi connectivity index (χ3n) is 4.94. The maximum absolute atomic E-state index is 12.8. The van der Waals surface area contributed by atoms with Crippen LogP contribution in [0.3, 0.4) is 0 Å². The molecule has 0 aromatic rings. The minimum absolute atomic E-state index is 0.0354. The first-order chi connectivity index (χ1) is 9.16. The highest BCUT2D eigenvalue weighted by atomic mass is 32.2. The van der Waals surface area contributed by atoms with Gasteiger partial charge in [0.1, 0.15) is 5.54 Å². The molecule has 3 rings (SSSR count). The Morgan fingerprint density at radius 2 is 1.95 bits per heavy atom. The number of hydrogen-bond acceptors (Lipinski definition) is 3. The van der Waals surface area contributed by atoms with E-state index in [1.165, 1.54) is 12.8 Å². The number of piperazine rings is 1. The summed E-state index contributed by atoms with van der Waals surface area (Å²) in [6, 6.07) is 0.269. The summed E-state index contributed by atoms with van der Waals surface area (Å²) in [5.74, 6) is 0.226. The van der Waals surface area contributed by atoms with Crippen LogP contribution < -0.4 is 5.32 Å². The van der Waals surface area contributed by atoms with Gasteiger partial charge in [-0.1, -0.05) is 19.3 Å². The summed E-state index contributed by atoms with van der Waals surface area (Å²) in [6.45, 7) is 0.266. The standard InChI is InChI=1S/C14H22N2O2S/c1-19-11-6-4-5-10(11)16-9-12(17)15-14(13(16)18)7-2-3-8-14/h10-11H,2-9H2,1H3,(H,15,17). The maximum atomic E-state index is 12.8. The Labute approximate surface area is 118 Å². The van der Waals surface area contributed by atoms with Crippen LogP contribution in [-0.2, 0) is 9.59 Å². The molecule has 3 aliphatic rings. The van der Waals surface area contributed by atoms with E-state index in [0.717, 1.165) is 32.1 Å². The number of rotatable bonds is 2. The van der Waals surface area contributed by atoms with E-state index in [4.69, 9.17) is 0 Å². The molecule has 0 bridgehead atoms. The Balaban J connectivity index is 1.84. The summed E-state index contributed by atoms with van der Waals surface area (Å²) < 4.78 is 0. The van der Waals surface area contributed by atoms with Gasteiger partial charge in [0.25, 0.3) is 0 Å². The molecule has 106 valence electrons. The summed E-state index contributed by atoms with van der Waals surface area (Å²) in [6.07, 6.45) is 9.27. The lowest BCUT2D eigenvalue weighted by molar-refractivity contribution is -0.152. The fourth-order valence-corrected chi connectivity index (χ4v) is 4.98. The molecule has 0 aromatic heterocycles. The molecule has 2 amide bonds. The van der Waals surface area contributed by atoms with E-state index in [1.807, 2.05) is 16.7 Å². The molecular weight excluding hydrogens is 260 g/mol. The lowest BCUT2D eigenvalue weighted by Crippen LogP contribution is -2.67. The molecule has 1 spiro atoms. The van der Waals surface area contributed by atoms with Crippen LogP contribution in [0, 0.1) is 0 Å². The van der Waals surface area contributed by atoms with Gasteiger partial charge in [0, 0.05) is 11.3 Å². The van der Waals surface area contributed by atoms with Crippen LogP contribution in [0.4, 0.5) is 0 Å². The topological polar surface area (TPSA) is 49.4 Å². The minimum atomic E-state index is -0.555. The molecule has 2 saturated carbocycles. The summed E-state index contributed by atoms with van der Waals surface area (Å²) in [4.78, 5) is 26.8. The van der Waals surface area contributed by atoms with Crippen LogP contribution in [-0.4, -0.2) is 46.3 Å². The predicted molar refractivity (Wildman–Crippen MR) is 76.0 cm³/mol. The largest absolute Gasteiger partial charge is 0.340 e. The van der Waals surface area contributed by atoms with Crippen molar-refractivity contribution in [2.75, 3.05) is 12.8 Å². The fourth-order valence-electron chi connectivity index (χ4n) is 3.98. The molecule has 1 heterocycles. The van der Waals surface area contributed by atoms with Gasteiger partial charge in [-0.3, -0.25) is 9.59 Å². The third-order valence-corrected chi connectivity index (χ3v) is 6.10. The van der Waals surface area contributed by atoms with Gasteiger partial charge >= 0.3 is 0 Å². The molecule has 3 fully saturated rings. The van der Waals surface area contributed by atoms with E-state index >= 15 is 0 Å². The van der Waals surface area contributed by atoms with E-state index in [0.29, 0.717) is 5.25 Å². The molecule has 2 atom stereocenters. The van der Waals surface area contributed by atoms with Gasteiger partial charge in [-0.25, -0.2) is 0 Å². The SMILES string of the molecule is CSC1CCCC1N1CC(=O)NC2(CCCC2)C1=O. The van der Waals surface area contributed by atoms with Crippen molar-refractivity contribution < 1.29 is 9.59 Å². The number of nitrogens with one attached hydrogen (secondary N) is 1. The number of thioether (sulfide) groups is 1. The number of nitrogens with zero attached hydrogens (tertiary/aromatic N) is 1. The van der Waals surface area contributed by atoms with E-state index in [9.17, 15) is 9.59 Å². The molecule has 0 aromatic carbocycles. The van der Waals surface area contributed by atoms with Gasteiger partial charge in [-0.15, -0.1) is 0 Å². The first-order valence-corrected chi connectivity index (χ1v) is 8.60. The Bertz CT molecular complexity index is 393. The quantitative estimate of drug-likeness (QED) is 0.836. The lowest BCUT2D eigenvalue weighted by atomic mass is 9.92. The minimum Gasteiger partial charge on any atom is -0.340 e. The number of hydrogen-bond donors (Lipinski definition) is 1. The highest BCUT2D eigenvalue weighted by Gasteiger charge is 2.51. The monoisotopic (exact) mass is 282 g/mol. The van der Waals surface area contributed by atoms with Gasteiger partial charge in [0.05, 0.1) is 6.54 Å². The van der Waals surface area contributed by atoms with Crippen LogP contribution in [0.1, 0.15) is 44.9 Å². The normalized spacial score (nSPS) is 34.1. The van der Waals surface area contributed by atoms with Gasteiger partial charge in [-0.05, 0) is 31.9 Å². The summed E-state index contributed by atoms with van der Waals surface area (Å²) in [5, 5.41) is 3.50. The molecule has 1 aliphatic heterocycles. The van der Waals surface area contributed by atoms with Crippen LogP contribution in [0.2, 0.25) is 0 Å². The summed E-state index contributed by atoms with van der Waals surface area (Å²) >= 11 is 1.84. The van der Waals surface area contributed by atoms with Crippen LogP contribution in [0.25, 0.3) is 0 Å². The lowest BCUT2D eigenvalue weighted by Gasteiger charge is -2.43. The van der Waals surface area contributed by atoms with Gasteiger partial charge < -0.3 is 10.2 Å². The maximum Gasteiger partial charge on any atom is 0.249 e. The molecule has 1 N–H and O–H groups in total. The Kier molecular flexibility index (Phi) is 3.50. The van der Waals surface area contributed by atoms with Gasteiger partial charge in [0.2, 0.25) is 11.8 Å². The molecule has 5 heteroatoms. The smallest absolute Gasteiger partial charge is 0.249 e. The van der Waals surface area contributed by atoms with Crippen molar-refractivity contribution >= 4 is 23.6 Å². The molecular formula is C14H22N2O2S. The van der Waals surface area contributed by atoms with E-state index in [1.54, 1.807) is 0 Å². The van der Waals surface area contributed by atoms with Crippen molar-refractivity contribution in [1.29, 1.82) is 0 Å². The van der Waals surface area contributed by atoms with Gasteiger partial charge in [0.15, 0.2) is 0 Å². The van der Waals surface area contributed by atoms with Crippen molar-refractivity contribution in [1.82, 2.24) is 10.2 Å². The van der Waals surface area contributed by atoms with Crippen LogP contribution >= 0.6 is 11.8 Å². The van der Waals surface area contributed by atoms with Crippen LogP contribution in [0.15, 0.2) is 0 Å². The highest BCUT2D eigenvalue weighted by Crippen LogP contribution is 2.38. The molecule has 4 nitrogen and oxygen atoms in total. The van der Waals surface area contributed by atoms with Crippen molar-refractivity contribution in [2.45, 2.75) is 61.8 Å². The molecule has 19 heavy (non-hydrogen) atoms. The van der Waals surface area contributed by atoms with Crippen molar-refractivity contribution in [3.8, 4) is 0 Å². The second-order valence-electron chi connectivity index (χ2n) is 6.04. The molecule has 2 unspecified atom stereocenters. The second kappa shape index (κ2) is 5.00. The molecule has 1 saturated heterocycles. The Hall–Kier alpha value is -0.710. The summed E-state index contributed by atoms with van der Waals surface area (Å²) in [5.41, 5.74) is -0.555. The van der Waals surface area contributed by atoms with Gasteiger partial charge in [-0.2, -0.15) is 11.8 Å². The molecule has 0 radical (unpaired) electrons. The second-order valence-corrected chi connectivity index (χ2v) is 7.12. The zero-order chi connectivity index (χ0) is 13.5. The number of carbonyl (C=O) groups is 2. The van der Waals surface area contributed by atoms with E-state index in [2.05, 4.69) is 11.6 Å². The number of amides is 2. The Morgan fingerprint density at radius 1 is 1.21 bits per heavy atom. The fraction of sp³-hybridized carbons (Fsp3) is 0.857. The third kappa shape index (κ3) is 2.16. The van der Waals surface area contributed by atoms with E-state index < -0.39 is 5.54 Å². The first kappa shape index (κ1) is 13.3. The van der Waals surface area contributed by atoms with Crippen molar-refractivity contribution in [2.24, 2.45) is 0 Å². The Morgan fingerprint density at radius 3 is 2.63 bits per heavy atom.